The van der Waals surface area contributed by atoms with Crippen molar-refractivity contribution in [2.24, 2.45) is 5.73 Å². The summed E-state index contributed by atoms with van der Waals surface area (Å²) >= 11 is 5.24. The number of hydrogen-bond donors (Lipinski definition) is 3. The van der Waals surface area contributed by atoms with E-state index in [1.165, 1.54) is 0 Å². The fourth-order valence-corrected chi connectivity index (χ4v) is 1.06. The van der Waals surface area contributed by atoms with Crippen molar-refractivity contribution in [2.75, 3.05) is 12.4 Å². The summed E-state index contributed by atoms with van der Waals surface area (Å²) in [5.41, 5.74) is 5.26. The maximum Gasteiger partial charge on any atom is 0.326 e. The Morgan fingerprint density at radius 2 is 2.07 bits per heavy atom. The van der Waals surface area contributed by atoms with Gasteiger partial charge in [0, 0.05) is 0 Å². The monoisotopic (exact) mass is 222 g/mol. The molecule has 0 aromatic rings. The van der Waals surface area contributed by atoms with E-state index in [-0.39, 0.29) is 5.88 Å². The zero-order valence-electron chi connectivity index (χ0n) is 7.83. The Hall–Kier alpha value is -0.810. The molecule has 4 N–H and O–H groups in total. The van der Waals surface area contributed by atoms with Crippen LogP contribution < -0.4 is 11.1 Å². The highest BCUT2D eigenvalue weighted by atomic mass is 35.5. The molecular weight excluding hydrogens is 208 g/mol. The Bertz CT molecular complexity index is 199. The molecule has 1 amide bonds. The second-order valence-corrected chi connectivity index (χ2v) is 3.14. The van der Waals surface area contributed by atoms with Crippen LogP contribution in [0.3, 0.4) is 0 Å². The molecule has 0 aromatic carbocycles. The topological polar surface area (TPSA) is 92.4 Å². The first kappa shape index (κ1) is 13.2. The quantitative estimate of drug-likeness (QED) is 0.415. The molecule has 0 rings (SSSR count). The molecule has 82 valence electrons. The number of unbranched alkanes of at least 4 members (excludes halogenated alkanes) is 1. The molecule has 0 bridgehead atoms. The minimum absolute atomic E-state index is 0.222. The normalized spacial score (nSPS) is 12.1. The Balaban J connectivity index is 3.90. The zero-order valence-corrected chi connectivity index (χ0v) is 8.59. The van der Waals surface area contributed by atoms with Gasteiger partial charge in [0.05, 0.1) is 0 Å². The first-order valence-corrected chi connectivity index (χ1v) is 4.93. The standard InChI is InChI=1S/C8H15ClN2O3/c9-5-7(12)11-6(8(13)14)3-1-2-4-10/h6H,1-5,10H2,(H,11,12)(H,13,14)/t6-/m1/s1. The summed E-state index contributed by atoms with van der Waals surface area (Å²) in [7, 11) is 0. The highest BCUT2D eigenvalue weighted by Crippen LogP contribution is 2.00. The maximum atomic E-state index is 10.8. The van der Waals surface area contributed by atoms with Crippen molar-refractivity contribution >= 4 is 23.5 Å². The van der Waals surface area contributed by atoms with E-state index in [0.29, 0.717) is 19.4 Å². The van der Waals surface area contributed by atoms with Crippen LogP contribution in [0.5, 0.6) is 0 Å². The van der Waals surface area contributed by atoms with Gasteiger partial charge in [0.2, 0.25) is 5.91 Å². The third-order valence-electron chi connectivity index (χ3n) is 1.70. The Labute approximate surface area is 87.6 Å². The first-order valence-electron chi connectivity index (χ1n) is 4.40. The van der Waals surface area contributed by atoms with Gasteiger partial charge in [-0.2, -0.15) is 0 Å². The van der Waals surface area contributed by atoms with Crippen molar-refractivity contribution < 1.29 is 14.7 Å². The van der Waals surface area contributed by atoms with Crippen LogP contribution in [0.1, 0.15) is 19.3 Å². The van der Waals surface area contributed by atoms with E-state index in [0.717, 1.165) is 6.42 Å². The van der Waals surface area contributed by atoms with Gasteiger partial charge in [-0.15, -0.1) is 11.6 Å². The summed E-state index contributed by atoms with van der Waals surface area (Å²) in [6.45, 7) is 0.524. The van der Waals surface area contributed by atoms with Crippen LogP contribution in [-0.2, 0) is 9.59 Å². The van der Waals surface area contributed by atoms with Crippen LogP contribution in [0.25, 0.3) is 0 Å². The summed E-state index contributed by atoms with van der Waals surface area (Å²) in [6, 6.07) is -0.854. The number of rotatable bonds is 7. The lowest BCUT2D eigenvalue weighted by Gasteiger charge is -2.12. The summed E-state index contributed by atoms with van der Waals surface area (Å²) in [6.07, 6.45) is 1.81. The summed E-state index contributed by atoms with van der Waals surface area (Å²) in [5, 5.41) is 11.0. The second kappa shape index (κ2) is 7.58. The number of carbonyl (C=O) groups excluding carboxylic acids is 1. The molecule has 0 aliphatic rings. The third kappa shape index (κ3) is 5.77. The lowest BCUT2D eigenvalue weighted by Crippen LogP contribution is -2.41. The number of carboxylic acids is 1. The molecule has 0 saturated heterocycles. The summed E-state index contributed by atoms with van der Waals surface area (Å²) in [5.74, 6) is -1.73. The molecule has 0 saturated carbocycles. The number of aliphatic carboxylic acids is 1. The number of nitrogens with two attached hydrogens (primary N) is 1. The Morgan fingerprint density at radius 3 is 2.50 bits per heavy atom. The van der Waals surface area contributed by atoms with Gasteiger partial charge in [-0.05, 0) is 25.8 Å². The molecule has 5 nitrogen and oxygen atoms in total. The molecule has 6 heteroatoms. The highest BCUT2D eigenvalue weighted by molar-refractivity contribution is 6.27. The van der Waals surface area contributed by atoms with Crippen LogP contribution in [0, 0.1) is 0 Å². The molecule has 0 aromatic heterocycles. The average Bonchev–Trinajstić information content (AvgIpc) is 2.16. The molecule has 1 atom stereocenters. The van der Waals surface area contributed by atoms with Gasteiger partial charge in [0.25, 0.3) is 0 Å². The van der Waals surface area contributed by atoms with Gasteiger partial charge < -0.3 is 16.2 Å². The van der Waals surface area contributed by atoms with Crippen LogP contribution >= 0.6 is 11.6 Å². The highest BCUT2D eigenvalue weighted by Gasteiger charge is 2.18. The molecular formula is C8H15ClN2O3. The van der Waals surface area contributed by atoms with Crippen LogP contribution in [-0.4, -0.2) is 35.4 Å². The number of carboxylic acid groups (broad SMARTS) is 1. The number of amides is 1. The van der Waals surface area contributed by atoms with Crippen molar-refractivity contribution in [3.8, 4) is 0 Å². The van der Waals surface area contributed by atoms with E-state index in [4.69, 9.17) is 22.4 Å². The van der Waals surface area contributed by atoms with Crippen molar-refractivity contribution in [1.29, 1.82) is 0 Å². The van der Waals surface area contributed by atoms with Gasteiger partial charge in [-0.1, -0.05) is 0 Å². The molecule has 0 aliphatic carbocycles. The number of nitrogens with one attached hydrogen (secondary N) is 1. The van der Waals surface area contributed by atoms with Crippen LogP contribution in [0.15, 0.2) is 0 Å². The van der Waals surface area contributed by atoms with E-state index in [9.17, 15) is 9.59 Å². The van der Waals surface area contributed by atoms with Crippen molar-refractivity contribution in [3.63, 3.8) is 0 Å². The maximum absolute atomic E-state index is 10.8. The predicted octanol–water partition coefficient (Wildman–Crippen LogP) is -0.0764. The van der Waals surface area contributed by atoms with E-state index in [2.05, 4.69) is 5.32 Å². The lowest BCUT2D eigenvalue weighted by atomic mass is 10.1. The molecule has 0 fully saturated rings. The molecule has 0 heterocycles. The number of carbonyl (C=O) groups is 2. The van der Waals surface area contributed by atoms with Gasteiger partial charge in [-0.25, -0.2) is 4.79 Å². The van der Waals surface area contributed by atoms with Crippen molar-refractivity contribution in [2.45, 2.75) is 25.3 Å². The average molecular weight is 223 g/mol. The number of alkyl halides is 1. The second-order valence-electron chi connectivity index (χ2n) is 2.88. The molecule has 0 aliphatic heterocycles. The Kier molecular flexibility index (Phi) is 7.14. The van der Waals surface area contributed by atoms with Gasteiger partial charge >= 0.3 is 5.97 Å². The van der Waals surface area contributed by atoms with Gasteiger partial charge in [-0.3, -0.25) is 4.79 Å². The minimum Gasteiger partial charge on any atom is -0.480 e. The van der Waals surface area contributed by atoms with Crippen LogP contribution in [0.2, 0.25) is 0 Å². The molecule has 14 heavy (non-hydrogen) atoms. The lowest BCUT2D eigenvalue weighted by molar-refractivity contribution is -0.141. The van der Waals surface area contributed by atoms with E-state index in [1.807, 2.05) is 0 Å². The third-order valence-corrected chi connectivity index (χ3v) is 1.94. The zero-order chi connectivity index (χ0) is 11.0. The van der Waals surface area contributed by atoms with E-state index < -0.39 is 17.9 Å². The fourth-order valence-electron chi connectivity index (χ4n) is 0.983. The summed E-state index contributed by atoms with van der Waals surface area (Å²) < 4.78 is 0. The van der Waals surface area contributed by atoms with E-state index in [1.54, 1.807) is 0 Å². The fraction of sp³-hybridized carbons (Fsp3) is 0.750. The predicted molar refractivity (Wildman–Crippen MR) is 53.2 cm³/mol. The van der Waals surface area contributed by atoms with Crippen molar-refractivity contribution in [3.05, 3.63) is 0 Å². The SMILES string of the molecule is NCCCC[C@@H](NC(=O)CCl)C(=O)O. The molecule has 0 unspecified atom stereocenters. The van der Waals surface area contributed by atoms with Gasteiger partial charge in [0.15, 0.2) is 0 Å². The number of hydrogen-bond acceptors (Lipinski definition) is 3. The minimum atomic E-state index is -1.04. The van der Waals surface area contributed by atoms with Crippen molar-refractivity contribution in [1.82, 2.24) is 5.32 Å². The smallest absolute Gasteiger partial charge is 0.326 e. The molecule has 0 spiro atoms. The van der Waals surface area contributed by atoms with Gasteiger partial charge in [0.1, 0.15) is 11.9 Å². The molecule has 0 radical (unpaired) electrons. The first-order chi connectivity index (χ1) is 6.61. The largest absolute Gasteiger partial charge is 0.480 e. The van der Waals surface area contributed by atoms with E-state index >= 15 is 0 Å². The van der Waals surface area contributed by atoms with Crippen LogP contribution in [0.4, 0.5) is 0 Å². The number of halogens is 1. The summed E-state index contributed by atoms with van der Waals surface area (Å²) in [4.78, 5) is 21.5. The Morgan fingerprint density at radius 1 is 1.43 bits per heavy atom.